The highest BCUT2D eigenvalue weighted by atomic mass is 16.4. The second kappa shape index (κ2) is 6.66. The van der Waals surface area contributed by atoms with Gasteiger partial charge in [-0.25, -0.2) is 4.98 Å². The van der Waals surface area contributed by atoms with Crippen LogP contribution < -0.4 is 20.3 Å². The Labute approximate surface area is 140 Å². The molecule has 0 amide bonds. The third kappa shape index (κ3) is 3.51. The second-order valence-corrected chi connectivity index (χ2v) is 5.78. The summed E-state index contributed by atoms with van der Waals surface area (Å²) < 4.78 is 1.98. The fraction of sp³-hybridized carbons (Fsp3) is 0.294. The van der Waals surface area contributed by atoms with Crippen molar-refractivity contribution in [2.24, 2.45) is 12.8 Å². The van der Waals surface area contributed by atoms with Gasteiger partial charge in [0.25, 0.3) is 0 Å². The zero-order chi connectivity index (χ0) is 18.0. The molecule has 1 heterocycles. The van der Waals surface area contributed by atoms with E-state index in [1.165, 1.54) is 0 Å². The number of anilines is 1. The van der Waals surface area contributed by atoms with Crippen molar-refractivity contribution in [3.05, 3.63) is 35.3 Å². The highest BCUT2D eigenvalue weighted by molar-refractivity contribution is 6.01. The maximum atomic E-state index is 12.1. The molecule has 0 fully saturated rings. The highest BCUT2D eigenvalue weighted by Gasteiger charge is 2.27. The van der Waals surface area contributed by atoms with Crippen LogP contribution in [0.3, 0.4) is 0 Å². The maximum absolute atomic E-state index is 12.1. The molecule has 7 heteroatoms. The van der Waals surface area contributed by atoms with Gasteiger partial charge in [0.15, 0.2) is 11.5 Å². The SMILES string of the molecule is CC(=O)[O-].CN(C)c1ccc2nc3c([n+](C)c2c1)C=C(N)CC3=O. The molecule has 24 heavy (non-hydrogen) atoms. The molecule has 1 aliphatic rings. The Balaban J connectivity index is 0.000000471. The van der Waals surface area contributed by atoms with Crippen LogP contribution in [-0.2, 0) is 11.8 Å². The summed E-state index contributed by atoms with van der Waals surface area (Å²) in [5.74, 6) is -1.10. The van der Waals surface area contributed by atoms with Gasteiger partial charge in [0.1, 0.15) is 12.6 Å². The summed E-state index contributed by atoms with van der Waals surface area (Å²) in [6.07, 6.45) is 2.09. The number of Topliss-reactive ketones (excluding diaryl/α,β-unsaturated/α-hetero) is 1. The van der Waals surface area contributed by atoms with Crippen molar-refractivity contribution < 1.29 is 19.3 Å². The van der Waals surface area contributed by atoms with Crippen LogP contribution in [-0.4, -0.2) is 30.8 Å². The van der Waals surface area contributed by atoms with Gasteiger partial charge < -0.3 is 20.5 Å². The number of hydrogen-bond donors (Lipinski definition) is 1. The molecule has 0 saturated heterocycles. The Morgan fingerprint density at radius 3 is 2.58 bits per heavy atom. The lowest BCUT2D eigenvalue weighted by atomic mass is 10.0. The number of nitrogens with zero attached hydrogens (tertiary/aromatic N) is 3. The summed E-state index contributed by atoms with van der Waals surface area (Å²) in [5, 5.41) is 8.89. The second-order valence-electron chi connectivity index (χ2n) is 5.78. The van der Waals surface area contributed by atoms with E-state index in [0.717, 1.165) is 29.3 Å². The van der Waals surface area contributed by atoms with Crippen molar-refractivity contribution >= 4 is 34.5 Å². The minimum Gasteiger partial charge on any atom is -0.550 e. The predicted molar refractivity (Wildman–Crippen MR) is 89.0 cm³/mol. The minimum atomic E-state index is -1.08. The molecule has 0 atom stereocenters. The molecule has 0 saturated carbocycles. The number of carboxylic acid groups (broad SMARTS) is 1. The van der Waals surface area contributed by atoms with Crippen LogP contribution in [0.5, 0.6) is 0 Å². The van der Waals surface area contributed by atoms with E-state index in [1.807, 2.05) is 48.8 Å². The number of aryl methyl sites for hydroxylation is 1. The van der Waals surface area contributed by atoms with Gasteiger partial charge in [-0.05, 0) is 19.1 Å². The zero-order valence-corrected chi connectivity index (χ0v) is 14.2. The molecule has 0 radical (unpaired) electrons. The number of hydrogen-bond acceptors (Lipinski definition) is 6. The van der Waals surface area contributed by atoms with E-state index in [-0.39, 0.29) is 12.2 Å². The Kier molecular flexibility index (Phi) is 4.82. The number of carbonyl (C=O) groups is 2. The molecule has 1 aromatic carbocycles. The fourth-order valence-electron chi connectivity index (χ4n) is 2.49. The average Bonchev–Trinajstić information content (AvgIpc) is 2.48. The number of aliphatic carboxylic acids is 1. The molecular formula is C17H20N4O3. The van der Waals surface area contributed by atoms with Gasteiger partial charge in [-0.2, -0.15) is 4.57 Å². The molecule has 1 aliphatic carbocycles. The number of ketones is 1. The topological polar surface area (TPSA) is 103 Å². The number of carboxylic acids is 1. The van der Waals surface area contributed by atoms with Gasteiger partial charge in [0.2, 0.25) is 11.2 Å². The number of fused-ring (bicyclic) bond motifs is 2. The standard InChI is InChI=1S/C15H16N4O.C2H4O2/c1-18(2)10-4-5-11-12(8-10)19(3)13-6-9(16)7-14(20)15(13)17-11;1-2(3)4/h4-6,8,16H,7H2,1-3H3;1H3,(H,3,4). The quantitative estimate of drug-likeness (QED) is 0.725. The third-order valence-electron chi connectivity index (χ3n) is 3.62. The van der Waals surface area contributed by atoms with E-state index in [4.69, 9.17) is 15.6 Å². The Morgan fingerprint density at radius 1 is 1.38 bits per heavy atom. The lowest BCUT2D eigenvalue weighted by molar-refractivity contribution is -0.647. The Morgan fingerprint density at radius 2 is 2.00 bits per heavy atom. The van der Waals surface area contributed by atoms with Gasteiger partial charge in [-0.15, -0.1) is 0 Å². The summed E-state index contributed by atoms with van der Waals surface area (Å²) in [4.78, 5) is 27.5. The molecule has 3 rings (SSSR count). The van der Waals surface area contributed by atoms with Gasteiger partial charge in [-0.1, -0.05) is 0 Å². The number of benzene rings is 1. The molecule has 0 unspecified atom stereocenters. The normalized spacial score (nSPS) is 12.8. The molecule has 2 aromatic rings. The van der Waals surface area contributed by atoms with Crippen molar-refractivity contribution in [1.82, 2.24) is 4.98 Å². The van der Waals surface area contributed by atoms with E-state index in [9.17, 15) is 4.79 Å². The molecule has 0 bridgehead atoms. The van der Waals surface area contributed by atoms with Crippen LogP contribution in [0.4, 0.5) is 5.69 Å². The molecule has 0 aliphatic heterocycles. The average molecular weight is 328 g/mol. The first-order valence-corrected chi connectivity index (χ1v) is 7.38. The summed E-state index contributed by atoms with van der Waals surface area (Å²) in [5.41, 5.74) is 10.6. The largest absolute Gasteiger partial charge is 0.550 e. The zero-order valence-electron chi connectivity index (χ0n) is 14.2. The van der Waals surface area contributed by atoms with Crippen LogP contribution in [0, 0.1) is 0 Å². The summed E-state index contributed by atoms with van der Waals surface area (Å²) in [7, 11) is 5.92. The smallest absolute Gasteiger partial charge is 0.236 e. The van der Waals surface area contributed by atoms with E-state index < -0.39 is 5.97 Å². The lowest BCUT2D eigenvalue weighted by Crippen LogP contribution is -2.38. The Bertz CT molecular complexity index is 853. The summed E-state index contributed by atoms with van der Waals surface area (Å²) in [6.45, 7) is 0.972. The van der Waals surface area contributed by atoms with Crippen LogP contribution in [0.2, 0.25) is 0 Å². The summed E-state index contributed by atoms with van der Waals surface area (Å²) >= 11 is 0. The lowest BCUT2D eigenvalue weighted by Gasteiger charge is -2.14. The number of rotatable bonds is 1. The number of carbonyl (C=O) groups excluding carboxylic acids is 2. The van der Waals surface area contributed by atoms with Crippen LogP contribution in [0.25, 0.3) is 17.1 Å². The monoisotopic (exact) mass is 328 g/mol. The van der Waals surface area contributed by atoms with Crippen LogP contribution in [0.15, 0.2) is 23.9 Å². The number of aromatic nitrogens is 2. The number of allylic oxidation sites excluding steroid dienone is 1. The fourth-order valence-corrected chi connectivity index (χ4v) is 2.49. The minimum absolute atomic E-state index is 0.0193. The van der Waals surface area contributed by atoms with Crippen LogP contribution >= 0.6 is 0 Å². The first-order valence-electron chi connectivity index (χ1n) is 7.38. The predicted octanol–water partition coefficient (Wildman–Crippen LogP) is -0.232. The van der Waals surface area contributed by atoms with Crippen molar-refractivity contribution in [2.45, 2.75) is 13.3 Å². The van der Waals surface area contributed by atoms with E-state index in [0.29, 0.717) is 11.4 Å². The molecule has 2 N–H and O–H groups in total. The molecule has 126 valence electrons. The van der Waals surface area contributed by atoms with E-state index in [2.05, 4.69) is 11.1 Å². The van der Waals surface area contributed by atoms with Crippen molar-refractivity contribution in [1.29, 1.82) is 0 Å². The maximum Gasteiger partial charge on any atom is 0.236 e. The molecule has 7 nitrogen and oxygen atoms in total. The molecule has 1 aromatic heterocycles. The van der Waals surface area contributed by atoms with E-state index >= 15 is 0 Å². The molecule has 0 spiro atoms. The van der Waals surface area contributed by atoms with Crippen molar-refractivity contribution in [3.8, 4) is 0 Å². The summed E-state index contributed by atoms with van der Waals surface area (Å²) in [6, 6.07) is 6.00. The van der Waals surface area contributed by atoms with Gasteiger partial charge in [0.05, 0.1) is 6.42 Å². The number of nitrogens with two attached hydrogens (primary N) is 1. The molecular weight excluding hydrogens is 308 g/mol. The Hall–Kier alpha value is -2.96. The van der Waals surface area contributed by atoms with Gasteiger partial charge in [0, 0.05) is 43.6 Å². The highest BCUT2D eigenvalue weighted by Crippen LogP contribution is 2.22. The first kappa shape index (κ1) is 17.4. The van der Waals surface area contributed by atoms with Crippen molar-refractivity contribution in [2.75, 3.05) is 19.0 Å². The van der Waals surface area contributed by atoms with E-state index in [1.54, 1.807) is 0 Å². The van der Waals surface area contributed by atoms with Crippen LogP contribution in [0.1, 0.15) is 29.5 Å². The van der Waals surface area contributed by atoms with Crippen molar-refractivity contribution in [3.63, 3.8) is 0 Å². The van der Waals surface area contributed by atoms with Gasteiger partial charge in [-0.3, -0.25) is 4.79 Å². The first-order chi connectivity index (χ1) is 11.2. The third-order valence-corrected chi connectivity index (χ3v) is 3.62. The van der Waals surface area contributed by atoms with Gasteiger partial charge >= 0.3 is 0 Å².